The summed E-state index contributed by atoms with van der Waals surface area (Å²) in [5, 5.41) is 7.92. The Labute approximate surface area is 92.9 Å². The third kappa shape index (κ3) is 4.04. The van der Waals surface area contributed by atoms with E-state index in [1.165, 1.54) is 18.4 Å². The number of rotatable bonds is 7. The zero-order chi connectivity index (χ0) is 11.1. The van der Waals surface area contributed by atoms with Gasteiger partial charge in [0.15, 0.2) is 0 Å². The Morgan fingerprint density at radius 1 is 1.33 bits per heavy atom. The fourth-order valence-electron chi connectivity index (χ4n) is 1.60. The van der Waals surface area contributed by atoms with Crippen molar-refractivity contribution in [2.45, 2.75) is 53.1 Å². The summed E-state index contributed by atoms with van der Waals surface area (Å²) in [6.45, 7) is 9.56. The van der Waals surface area contributed by atoms with Crippen molar-refractivity contribution in [1.82, 2.24) is 15.1 Å². The molecule has 0 aliphatic heterocycles. The van der Waals surface area contributed by atoms with Crippen molar-refractivity contribution in [3.8, 4) is 0 Å². The third-order valence-corrected chi connectivity index (χ3v) is 2.52. The Hall–Kier alpha value is -0.830. The highest BCUT2D eigenvalue weighted by Gasteiger charge is 2.03. The third-order valence-electron chi connectivity index (χ3n) is 2.52. The van der Waals surface area contributed by atoms with Gasteiger partial charge in [0.05, 0.1) is 5.69 Å². The minimum absolute atomic E-state index is 0.954. The highest BCUT2D eigenvalue weighted by atomic mass is 15.3. The first-order chi connectivity index (χ1) is 7.27. The summed E-state index contributed by atoms with van der Waals surface area (Å²) in [7, 11) is 0. The smallest absolute Gasteiger partial charge is 0.0638 e. The van der Waals surface area contributed by atoms with Gasteiger partial charge in [0.1, 0.15) is 0 Å². The Kier molecular flexibility index (Phi) is 5.40. The molecular weight excluding hydrogens is 186 g/mol. The van der Waals surface area contributed by atoms with Crippen molar-refractivity contribution in [3.05, 3.63) is 17.5 Å². The van der Waals surface area contributed by atoms with E-state index in [9.17, 15) is 0 Å². The lowest BCUT2D eigenvalue weighted by molar-refractivity contribution is 0.597. The number of hydrogen-bond acceptors (Lipinski definition) is 2. The largest absolute Gasteiger partial charge is 0.313 e. The molecule has 3 nitrogen and oxygen atoms in total. The second-order valence-corrected chi connectivity index (χ2v) is 4.03. The van der Waals surface area contributed by atoms with Gasteiger partial charge >= 0.3 is 0 Å². The van der Waals surface area contributed by atoms with Crippen molar-refractivity contribution < 1.29 is 0 Å². The van der Waals surface area contributed by atoms with E-state index in [1.54, 1.807) is 0 Å². The van der Waals surface area contributed by atoms with Gasteiger partial charge in [0.25, 0.3) is 0 Å². The van der Waals surface area contributed by atoms with E-state index in [0.29, 0.717) is 0 Å². The van der Waals surface area contributed by atoms with Crippen LogP contribution in [0.5, 0.6) is 0 Å². The number of aryl methyl sites for hydroxylation is 2. The molecule has 0 fully saturated rings. The molecule has 0 amide bonds. The van der Waals surface area contributed by atoms with E-state index in [2.05, 4.69) is 37.4 Å². The second-order valence-electron chi connectivity index (χ2n) is 4.03. The maximum Gasteiger partial charge on any atom is 0.0638 e. The normalized spacial score (nSPS) is 10.9. The first-order valence-electron chi connectivity index (χ1n) is 6.01. The number of unbranched alkanes of at least 4 members (excludes halogenated alkanes) is 1. The Morgan fingerprint density at radius 3 is 2.80 bits per heavy atom. The molecule has 3 heteroatoms. The van der Waals surface area contributed by atoms with Crippen LogP contribution in [0.1, 0.15) is 44.4 Å². The molecule has 0 aromatic carbocycles. The fourth-order valence-corrected chi connectivity index (χ4v) is 1.60. The van der Waals surface area contributed by atoms with Gasteiger partial charge in [-0.1, -0.05) is 20.3 Å². The highest BCUT2D eigenvalue weighted by Crippen LogP contribution is 2.05. The van der Waals surface area contributed by atoms with Gasteiger partial charge in [-0.2, -0.15) is 5.10 Å². The summed E-state index contributed by atoms with van der Waals surface area (Å²) in [6.07, 6.45) is 5.81. The number of nitrogens with zero attached hydrogens (tertiary/aromatic N) is 2. The van der Waals surface area contributed by atoms with Crippen LogP contribution in [0.15, 0.2) is 6.20 Å². The average molecular weight is 209 g/mol. The van der Waals surface area contributed by atoms with Gasteiger partial charge in [-0.15, -0.1) is 0 Å². The maximum atomic E-state index is 4.48. The molecule has 86 valence electrons. The minimum Gasteiger partial charge on any atom is -0.313 e. The number of nitrogens with one attached hydrogen (secondary N) is 1. The summed E-state index contributed by atoms with van der Waals surface area (Å²) in [4.78, 5) is 0. The highest BCUT2D eigenvalue weighted by molar-refractivity contribution is 5.14. The molecule has 1 rings (SSSR count). The van der Waals surface area contributed by atoms with E-state index in [1.807, 2.05) is 4.68 Å². The van der Waals surface area contributed by atoms with Crippen LogP contribution in [0.2, 0.25) is 0 Å². The molecule has 1 N–H and O–H groups in total. The van der Waals surface area contributed by atoms with Crippen molar-refractivity contribution in [3.63, 3.8) is 0 Å². The average Bonchev–Trinajstić information content (AvgIpc) is 2.55. The fraction of sp³-hybridized carbons (Fsp3) is 0.750. The standard InChI is InChI=1S/C12H23N3/c1-4-6-7-13-9-12-10-15(8-5-2)14-11(12)3/h10,13H,4-9H2,1-3H3. The van der Waals surface area contributed by atoms with Crippen LogP contribution >= 0.6 is 0 Å². The topological polar surface area (TPSA) is 29.9 Å². The summed E-state index contributed by atoms with van der Waals surface area (Å²) in [5.74, 6) is 0. The molecule has 0 aliphatic rings. The quantitative estimate of drug-likeness (QED) is 0.699. The zero-order valence-electron chi connectivity index (χ0n) is 10.2. The predicted octanol–water partition coefficient (Wildman–Crippen LogP) is 2.49. The maximum absolute atomic E-state index is 4.48. The summed E-state index contributed by atoms with van der Waals surface area (Å²) >= 11 is 0. The van der Waals surface area contributed by atoms with Crippen LogP contribution in [0.3, 0.4) is 0 Å². The zero-order valence-corrected chi connectivity index (χ0v) is 10.2. The molecule has 1 aromatic rings. The van der Waals surface area contributed by atoms with Crippen molar-refractivity contribution in [2.75, 3.05) is 6.54 Å². The van der Waals surface area contributed by atoms with E-state index in [0.717, 1.165) is 31.7 Å². The van der Waals surface area contributed by atoms with Crippen LogP contribution in [0.4, 0.5) is 0 Å². The van der Waals surface area contributed by atoms with Gasteiger partial charge in [0.2, 0.25) is 0 Å². The first kappa shape index (κ1) is 12.2. The molecule has 1 aromatic heterocycles. The molecule has 0 bridgehead atoms. The second kappa shape index (κ2) is 6.62. The molecule has 0 unspecified atom stereocenters. The van der Waals surface area contributed by atoms with Crippen molar-refractivity contribution in [2.24, 2.45) is 0 Å². The van der Waals surface area contributed by atoms with Crippen LogP contribution in [-0.2, 0) is 13.1 Å². The van der Waals surface area contributed by atoms with Crippen molar-refractivity contribution >= 4 is 0 Å². The van der Waals surface area contributed by atoms with Crippen LogP contribution < -0.4 is 5.32 Å². The molecule has 1 heterocycles. The molecule has 0 spiro atoms. The Bertz CT molecular complexity index is 278. The molecule has 15 heavy (non-hydrogen) atoms. The minimum atomic E-state index is 0.954. The van der Waals surface area contributed by atoms with Crippen LogP contribution in [0.25, 0.3) is 0 Å². The summed E-state index contributed by atoms with van der Waals surface area (Å²) < 4.78 is 2.05. The molecule has 0 atom stereocenters. The van der Waals surface area contributed by atoms with E-state index >= 15 is 0 Å². The Morgan fingerprint density at radius 2 is 2.13 bits per heavy atom. The van der Waals surface area contributed by atoms with Gasteiger partial charge in [-0.3, -0.25) is 4.68 Å². The molecular formula is C12H23N3. The van der Waals surface area contributed by atoms with E-state index in [4.69, 9.17) is 0 Å². The monoisotopic (exact) mass is 209 g/mol. The number of hydrogen-bond donors (Lipinski definition) is 1. The van der Waals surface area contributed by atoms with E-state index < -0.39 is 0 Å². The van der Waals surface area contributed by atoms with Crippen LogP contribution in [0, 0.1) is 6.92 Å². The lowest BCUT2D eigenvalue weighted by atomic mass is 10.2. The van der Waals surface area contributed by atoms with Gasteiger partial charge in [0, 0.05) is 24.8 Å². The first-order valence-corrected chi connectivity index (χ1v) is 6.01. The summed E-state index contributed by atoms with van der Waals surface area (Å²) in [5.41, 5.74) is 2.49. The van der Waals surface area contributed by atoms with E-state index in [-0.39, 0.29) is 0 Å². The van der Waals surface area contributed by atoms with Gasteiger partial charge in [-0.05, 0) is 26.3 Å². The Balaban J connectivity index is 2.39. The van der Waals surface area contributed by atoms with Gasteiger partial charge < -0.3 is 5.32 Å². The SMILES string of the molecule is CCCCNCc1cn(CCC)nc1C. The van der Waals surface area contributed by atoms with Crippen molar-refractivity contribution in [1.29, 1.82) is 0 Å². The summed E-state index contributed by atoms with van der Waals surface area (Å²) in [6, 6.07) is 0. The van der Waals surface area contributed by atoms with Crippen LogP contribution in [-0.4, -0.2) is 16.3 Å². The predicted molar refractivity (Wildman–Crippen MR) is 63.9 cm³/mol. The molecule has 0 saturated carbocycles. The number of aromatic nitrogens is 2. The van der Waals surface area contributed by atoms with Gasteiger partial charge in [-0.25, -0.2) is 0 Å². The molecule has 0 radical (unpaired) electrons. The lowest BCUT2D eigenvalue weighted by Gasteiger charge is -2.01. The molecule has 0 aliphatic carbocycles. The lowest BCUT2D eigenvalue weighted by Crippen LogP contribution is -2.14. The molecule has 0 saturated heterocycles.